The van der Waals surface area contributed by atoms with Gasteiger partial charge in [0.1, 0.15) is 10.7 Å². The molecular formula is C21H25FN2O2S. The summed E-state index contributed by atoms with van der Waals surface area (Å²) in [5.41, 5.74) is 3.35. The van der Waals surface area contributed by atoms with Gasteiger partial charge >= 0.3 is 0 Å². The van der Waals surface area contributed by atoms with E-state index in [4.69, 9.17) is 0 Å². The van der Waals surface area contributed by atoms with E-state index in [1.165, 1.54) is 27.7 Å². The first kappa shape index (κ1) is 18.4. The molecule has 144 valence electrons. The summed E-state index contributed by atoms with van der Waals surface area (Å²) in [5.74, 6) is -0.667. The highest BCUT2D eigenvalue weighted by Gasteiger charge is 2.37. The van der Waals surface area contributed by atoms with Gasteiger partial charge in [-0.3, -0.25) is 0 Å². The minimum Gasteiger partial charge on any atom is -0.365 e. The van der Waals surface area contributed by atoms with E-state index >= 15 is 0 Å². The van der Waals surface area contributed by atoms with Gasteiger partial charge in [0, 0.05) is 30.9 Å². The molecule has 0 bridgehead atoms. The fraction of sp³-hybridized carbons (Fsp3) is 0.429. The number of sulfonamides is 1. The lowest BCUT2D eigenvalue weighted by Gasteiger charge is -2.39. The molecule has 4 nitrogen and oxygen atoms in total. The Hall–Kier alpha value is -1.92. The molecule has 2 aromatic carbocycles. The lowest BCUT2D eigenvalue weighted by Crippen LogP contribution is -2.48. The highest BCUT2D eigenvalue weighted by Crippen LogP contribution is 2.36. The molecule has 0 radical (unpaired) electrons. The van der Waals surface area contributed by atoms with Crippen LogP contribution in [0.3, 0.4) is 0 Å². The summed E-state index contributed by atoms with van der Waals surface area (Å²) >= 11 is 0. The summed E-state index contributed by atoms with van der Waals surface area (Å²) in [6.07, 6.45) is 2.54. The molecule has 0 saturated carbocycles. The highest BCUT2D eigenvalue weighted by atomic mass is 32.2. The van der Waals surface area contributed by atoms with Gasteiger partial charge in [-0.15, -0.1) is 0 Å². The molecule has 2 heterocycles. The maximum atomic E-state index is 14.2. The van der Waals surface area contributed by atoms with Crippen molar-refractivity contribution >= 4 is 15.7 Å². The summed E-state index contributed by atoms with van der Waals surface area (Å²) < 4.78 is 41.4. The maximum absolute atomic E-state index is 14.2. The molecule has 0 aromatic heterocycles. The van der Waals surface area contributed by atoms with Gasteiger partial charge in [-0.05, 0) is 62.4 Å². The topological polar surface area (TPSA) is 40.6 Å². The zero-order valence-electron chi connectivity index (χ0n) is 15.7. The van der Waals surface area contributed by atoms with Gasteiger partial charge in [0.05, 0.1) is 0 Å². The Morgan fingerprint density at radius 1 is 1.07 bits per heavy atom. The molecule has 4 rings (SSSR count). The van der Waals surface area contributed by atoms with Gasteiger partial charge in [0.15, 0.2) is 0 Å². The van der Waals surface area contributed by atoms with Crippen molar-refractivity contribution in [3.8, 4) is 0 Å². The zero-order chi connectivity index (χ0) is 19.2. The SMILES string of the molecule is Cc1ccc(S(=O)(=O)N2CCC(N3c4ccccc4CC3C)CC2)c(F)c1. The standard InChI is InChI=1S/C21H25FN2O2S/c1-15-7-8-21(19(22)13-15)27(25,26)23-11-9-18(10-12-23)24-16(2)14-17-5-3-4-6-20(17)24/h3-8,13,16,18H,9-12,14H2,1-2H3. The first-order chi connectivity index (χ1) is 12.9. The van der Waals surface area contributed by atoms with Gasteiger partial charge in [0.2, 0.25) is 10.0 Å². The monoisotopic (exact) mass is 388 g/mol. The molecule has 2 aliphatic heterocycles. The third-order valence-electron chi connectivity index (χ3n) is 5.78. The van der Waals surface area contributed by atoms with E-state index in [9.17, 15) is 12.8 Å². The van der Waals surface area contributed by atoms with Crippen LogP contribution in [0.15, 0.2) is 47.4 Å². The van der Waals surface area contributed by atoms with E-state index in [1.54, 1.807) is 13.0 Å². The van der Waals surface area contributed by atoms with Crippen LogP contribution in [0.25, 0.3) is 0 Å². The molecular weight excluding hydrogens is 363 g/mol. The molecule has 0 spiro atoms. The molecule has 27 heavy (non-hydrogen) atoms. The van der Waals surface area contributed by atoms with Gasteiger partial charge in [-0.25, -0.2) is 12.8 Å². The Kier molecular flexibility index (Phi) is 4.72. The van der Waals surface area contributed by atoms with Crippen LogP contribution in [0.2, 0.25) is 0 Å². The lowest BCUT2D eigenvalue weighted by atomic mass is 10.0. The Morgan fingerprint density at radius 3 is 2.48 bits per heavy atom. The Morgan fingerprint density at radius 2 is 1.78 bits per heavy atom. The summed E-state index contributed by atoms with van der Waals surface area (Å²) in [7, 11) is -3.79. The predicted molar refractivity (Wildman–Crippen MR) is 105 cm³/mol. The van der Waals surface area contributed by atoms with Crippen molar-refractivity contribution in [2.24, 2.45) is 0 Å². The summed E-state index contributed by atoms with van der Waals surface area (Å²) in [6.45, 7) is 4.82. The minimum atomic E-state index is -3.79. The van der Waals surface area contributed by atoms with Crippen LogP contribution < -0.4 is 4.90 Å². The fourth-order valence-corrected chi connectivity index (χ4v) is 5.98. The van der Waals surface area contributed by atoms with Crippen LogP contribution in [0.4, 0.5) is 10.1 Å². The van der Waals surface area contributed by atoms with Gasteiger partial charge in [-0.2, -0.15) is 4.31 Å². The Bertz CT molecular complexity index is 952. The number of piperidine rings is 1. The number of hydrogen-bond acceptors (Lipinski definition) is 3. The molecule has 0 amide bonds. The second-order valence-electron chi connectivity index (χ2n) is 7.66. The number of aryl methyl sites for hydroxylation is 1. The minimum absolute atomic E-state index is 0.216. The second-order valence-corrected chi connectivity index (χ2v) is 9.56. The second kappa shape index (κ2) is 6.91. The largest absolute Gasteiger partial charge is 0.365 e. The normalized spacial score (nSPS) is 21.4. The average Bonchev–Trinajstić information content (AvgIpc) is 2.97. The van der Waals surface area contributed by atoms with Crippen molar-refractivity contribution in [1.29, 1.82) is 0 Å². The molecule has 1 unspecified atom stereocenters. The Labute approximate surface area is 160 Å². The zero-order valence-corrected chi connectivity index (χ0v) is 16.5. The molecule has 1 atom stereocenters. The van der Waals surface area contributed by atoms with Crippen molar-refractivity contribution in [3.05, 3.63) is 59.4 Å². The molecule has 0 N–H and O–H groups in total. The number of anilines is 1. The van der Waals surface area contributed by atoms with E-state index in [0.29, 0.717) is 30.7 Å². The van der Waals surface area contributed by atoms with Crippen LogP contribution in [-0.4, -0.2) is 37.9 Å². The first-order valence-corrected chi connectivity index (χ1v) is 10.9. The molecule has 2 aliphatic rings. The summed E-state index contributed by atoms with van der Waals surface area (Å²) in [4.78, 5) is 2.23. The van der Waals surface area contributed by atoms with Crippen molar-refractivity contribution in [2.45, 2.75) is 50.1 Å². The summed E-state index contributed by atoms with van der Waals surface area (Å²) in [6, 6.07) is 13.5. The maximum Gasteiger partial charge on any atom is 0.245 e. The number of nitrogens with zero attached hydrogens (tertiary/aromatic N) is 2. The van der Waals surface area contributed by atoms with Crippen LogP contribution in [-0.2, 0) is 16.4 Å². The van der Waals surface area contributed by atoms with E-state index in [-0.39, 0.29) is 4.90 Å². The molecule has 6 heteroatoms. The summed E-state index contributed by atoms with van der Waals surface area (Å²) in [5, 5.41) is 0. The number of rotatable bonds is 3. The van der Waals surface area contributed by atoms with Crippen LogP contribution >= 0.6 is 0 Å². The highest BCUT2D eigenvalue weighted by molar-refractivity contribution is 7.89. The van der Waals surface area contributed by atoms with E-state index in [1.807, 2.05) is 0 Å². The Balaban J connectivity index is 1.51. The fourth-order valence-electron chi connectivity index (χ4n) is 4.46. The number of hydrogen-bond donors (Lipinski definition) is 0. The molecule has 2 aromatic rings. The molecule has 1 saturated heterocycles. The predicted octanol–water partition coefficient (Wildman–Crippen LogP) is 3.74. The van der Waals surface area contributed by atoms with Crippen LogP contribution in [0.5, 0.6) is 0 Å². The van der Waals surface area contributed by atoms with Crippen molar-refractivity contribution in [3.63, 3.8) is 0 Å². The molecule has 0 aliphatic carbocycles. The van der Waals surface area contributed by atoms with E-state index < -0.39 is 15.8 Å². The van der Waals surface area contributed by atoms with Gasteiger partial charge in [0.25, 0.3) is 0 Å². The van der Waals surface area contributed by atoms with E-state index in [2.05, 4.69) is 36.1 Å². The first-order valence-electron chi connectivity index (χ1n) is 9.50. The van der Waals surface area contributed by atoms with Gasteiger partial charge < -0.3 is 4.90 Å². The van der Waals surface area contributed by atoms with Crippen LogP contribution in [0, 0.1) is 12.7 Å². The molecule has 1 fully saturated rings. The van der Waals surface area contributed by atoms with E-state index in [0.717, 1.165) is 19.3 Å². The third kappa shape index (κ3) is 3.25. The number of halogens is 1. The van der Waals surface area contributed by atoms with Crippen molar-refractivity contribution in [1.82, 2.24) is 4.31 Å². The van der Waals surface area contributed by atoms with Crippen molar-refractivity contribution in [2.75, 3.05) is 18.0 Å². The lowest BCUT2D eigenvalue weighted by molar-refractivity contribution is 0.304. The number of para-hydroxylation sites is 1. The van der Waals surface area contributed by atoms with Crippen LogP contribution in [0.1, 0.15) is 30.9 Å². The quantitative estimate of drug-likeness (QED) is 0.804. The number of fused-ring (bicyclic) bond motifs is 1. The van der Waals surface area contributed by atoms with Gasteiger partial charge in [-0.1, -0.05) is 24.3 Å². The van der Waals surface area contributed by atoms with Crippen molar-refractivity contribution < 1.29 is 12.8 Å². The number of benzene rings is 2. The average molecular weight is 389 g/mol. The smallest absolute Gasteiger partial charge is 0.245 e. The third-order valence-corrected chi connectivity index (χ3v) is 7.71.